The first-order valence-corrected chi connectivity index (χ1v) is 6.30. The van der Waals surface area contributed by atoms with E-state index in [1.807, 2.05) is 24.3 Å². The first-order valence-electron chi connectivity index (χ1n) is 6.30. The summed E-state index contributed by atoms with van der Waals surface area (Å²) in [5, 5.41) is 3.24. The SMILES string of the molecule is COc1cccc(CNCC2CCC(F)(F)C2)c1. The molecule has 0 radical (unpaired) electrons. The maximum atomic E-state index is 13.0. The highest BCUT2D eigenvalue weighted by molar-refractivity contribution is 5.28. The molecule has 1 aliphatic carbocycles. The Labute approximate surface area is 106 Å². The molecule has 1 fully saturated rings. The summed E-state index contributed by atoms with van der Waals surface area (Å²) in [5.41, 5.74) is 1.11. The summed E-state index contributed by atoms with van der Waals surface area (Å²) in [6.07, 6.45) is 0.689. The molecule has 0 heterocycles. The quantitative estimate of drug-likeness (QED) is 0.872. The van der Waals surface area contributed by atoms with Gasteiger partial charge in [0.05, 0.1) is 7.11 Å². The summed E-state index contributed by atoms with van der Waals surface area (Å²) in [7, 11) is 1.63. The van der Waals surface area contributed by atoms with Crippen LogP contribution in [0.2, 0.25) is 0 Å². The van der Waals surface area contributed by atoms with E-state index >= 15 is 0 Å². The molecule has 0 spiro atoms. The average Bonchev–Trinajstić information content (AvgIpc) is 2.69. The van der Waals surface area contributed by atoms with Crippen LogP contribution in [-0.2, 0) is 6.54 Å². The molecule has 2 rings (SSSR count). The summed E-state index contributed by atoms with van der Waals surface area (Å²) in [6, 6.07) is 7.77. The largest absolute Gasteiger partial charge is 0.497 e. The van der Waals surface area contributed by atoms with Crippen molar-refractivity contribution in [2.75, 3.05) is 13.7 Å². The number of hydrogen-bond acceptors (Lipinski definition) is 2. The molecular weight excluding hydrogens is 236 g/mol. The van der Waals surface area contributed by atoms with E-state index in [0.717, 1.165) is 11.3 Å². The third-order valence-corrected chi connectivity index (χ3v) is 3.40. The van der Waals surface area contributed by atoms with E-state index in [0.29, 0.717) is 19.5 Å². The molecule has 1 unspecified atom stereocenters. The van der Waals surface area contributed by atoms with Crippen molar-refractivity contribution in [2.45, 2.75) is 31.7 Å². The van der Waals surface area contributed by atoms with E-state index in [1.165, 1.54) is 0 Å². The number of alkyl halides is 2. The minimum atomic E-state index is -2.44. The number of methoxy groups -OCH3 is 1. The van der Waals surface area contributed by atoms with Gasteiger partial charge in [0.15, 0.2) is 0 Å². The van der Waals surface area contributed by atoms with E-state index in [-0.39, 0.29) is 18.8 Å². The van der Waals surface area contributed by atoms with Gasteiger partial charge in [-0.1, -0.05) is 12.1 Å². The molecule has 0 bridgehead atoms. The second-order valence-electron chi connectivity index (χ2n) is 4.95. The average molecular weight is 255 g/mol. The molecule has 1 aromatic rings. The maximum Gasteiger partial charge on any atom is 0.248 e. The minimum absolute atomic E-state index is 0.0259. The second kappa shape index (κ2) is 5.65. The van der Waals surface area contributed by atoms with Gasteiger partial charge in [-0.05, 0) is 36.6 Å². The minimum Gasteiger partial charge on any atom is -0.497 e. The third kappa shape index (κ3) is 3.67. The van der Waals surface area contributed by atoms with Crippen LogP contribution in [0, 0.1) is 5.92 Å². The molecule has 18 heavy (non-hydrogen) atoms. The van der Waals surface area contributed by atoms with Gasteiger partial charge in [0.2, 0.25) is 5.92 Å². The van der Waals surface area contributed by atoms with Crippen LogP contribution in [-0.4, -0.2) is 19.6 Å². The van der Waals surface area contributed by atoms with E-state index in [1.54, 1.807) is 7.11 Å². The fourth-order valence-corrected chi connectivity index (χ4v) is 2.42. The van der Waals surface area contributed by atoms with E-state index in [9.17, 15) is 8.78 Å². The lowest BCUT2D eigenvalue weighted by Crippen LogP contribution is -2.22. The van der Waals surface area contributed by atoms with Crippen LogP contribution in [0.5, 0.6) is 5.75 Å². The summed E-state index contributed by atoms with van der Waals surface area (Å²) < 4.78 is 31.1. The van der Waals surface area contributed by atoms with Crippen LogP contribution in [0.15, 0.2) is 24.3 Å². The molecule has 4 heteroatoms. The Morgan fingerprint density at radius 2 is 2.28 bits per heavy atom. The predicted octanol–water partition coefficient (Wildman–Crippen LogP) is 3.22. The highest BCUT2D eigenvalue weighted by Gasteiger charge is 2.38. The fourth-order valence-electron chi connectivity index (χ4n) is 2.42. The fraction of sp³-hybridized carbons (Fsp3) is 0.571. The normalized spacial score (nSPS) is 22.1. The molecule has 2 nitrogen and oxygen atoms in total. The molecule has 100 valence electrons. The Morgan fingerprint density at radius 1 is 1.44 bits per heavy atom. The number of benzene rings is 1. The molecule has 0 aliphatic heterocycles. The van der Waals surface area contributed by atoms with Gasteiger partial charge < -0.3 is 10.1 Å². The highest BCUT2D eigenvalue weighted by atomic mass is 19.3. The molecule has 1 atom stereocenters. The van der Waals surface area contributed by atoms with Crippen molar-refractivity contribution in [3.05, 3.63) is 29.8 Å². The van der Waals surface area contributed by atoms with Crippen molar-refractivity contribution < 1.29 is 13.5 Å². The van der Waals surface area contributed by atoms with Gasteiger partial charge in [0.25, 0.3) is 0 Å². The van der Waals surface area contributed by atoms with Crippen LogP contribution in [0.1, 0.15) is 24.8 Å². The monoisotopic (exact) mass is 255 g/mol. The topological polar surface area (TPSA) is 21.3 Å². The smallest absolute Gasteiger partial charge is 0.248 e. The van der Waals surface area contributed by atoms with Crippen LogP contribution in [0.3, 0.4) is 0 Å². The van der Waals surface area contributed by atoms with E-state index in [2.05, 4.69) is 5.32 Å². The van der Waals surface area contributed by atoms with Gasteiger partial charge in [0, 0.05) is 19.4 Å². The van der Waals surface area contributed by atoms with Crippen molar-refractivity contribution in [3.63, 3.8) is 0 Å². The molecule has 1 aliphatic rings. The maximum absolute atomic E-state index is 13.0. The Hall–Kier alpha value is -1.16. The third-order valence-electron chi connectivity index (χ3n) is 3.40. The second-order valence-corrected chi connectivity index (χ2v) is 4.95. The lowest BCUT2D eigenvalue weighted by molar-refractivity contribution is 0.00508. The van der Waals surface area contributed by atoms with Crippen LogP contribution in [0.4, 0.5) is 8.78 Å². The highest BCUT2D eigenvalue weighted by Crippen LogP contribution is 2.38. The summed E-state index contributed by atoms with van der Waals surface area (Å²) in [5.74, 6) is -1.52. The molecular formula is C14H19F2NO. The summed E-state index contributed by atoms with van der Waals surface area (Å²) >= 11 is 0. The predicted molar refractivity (Wildman–Crippen MR) is 67.0 cm³/mol. The van der Waals surface area contributed by atoms with E-state index in [4.69, 9.17) is 4.74 Å². The van der Waals surface area contributed by atoms with Crippen molar-refractivity contribution in [1.82, 2.24) is 5.32 Å². The first kappa shape index (κ1) is 13.3. The lowest BCUT2D eigenvalue weighted by atomic mass is 10.1. The van der Waals surface area contributed by atoms with Crippen molar-refractivity contribution >= 4 is 0 Å². The van der Waals surface area contributed by atoms with Crippen molar-refractivity contribution in [2.24, 2.45) is 5.92 Å². The zero-order valence-corrected chi connectivity index (χ0v) is 10.6. The van der Waals surface area contributed by atoms with Gasteiger partial charge in [-0.15, -0.1) is 0 Å². The Balaban J connectivity index is 1.75. The van der Waals surface area contributed by atoms with E-state index < -0.39 is 5.92 Å². The van der Waals surface area contributed by atoms with Crippen molar-refractivity contribution in [1.29, 1.82) is 0 Å². The van der Waals surface area contributed by atoms with Crippen molar-refractivity contribution in [3.8, 4) is 5.75 Å². The zero-order valence-electron chi connectivity index (χ0n) is 10.6. The number of halogens is 2. The number of nitrogens with one attached hydrogen (secondary N) is 1. The Morgan fingerprint density at radius 3 is 2.94 bits per heavy atom. The lowest BCUT2D eigenvalue weighted by Gasteiger charge is -2.12. The molecule has 1 aromatic carbocycles. The number of rotatable bonds is 5. The van der Waals surface area contributed by atoms with Crippen LogP contribution in [0.25, 0.3) is 0 Å². The Bertz CT molecular complexity index is 395. The van der Waals surface area contributed by atoms with Crippen LogP contribution < -0.4 is 10.1 Å². The van der Waals surface area contributed by atoms with Gasteiger partial charge in [-0.2, -0.15) is 0 Å². The molecule has 1 saturated carbocycles. The number of ether oxygens (including phenoxy) is 1. The summed E-state index contributed by atoms with van der Waals surface area (Å²) in [4.78, 5) is 0. The molecule has 1 N–H and O–H groups in total. The standard InChI is InChI=1S/C14H19F2NO/c1-18-13-4-2-3-11(7-13)9-17-10-12-5-6-14(15,16)8-12/h2-4,7,12,17H,5-6,8-10H2,1H3. The molecule has 0 saturated heterocycles. The van der Waals surface area contributed by atoms with Gasteiger partial charge in [0.1, 0.15) is 5.75 Å². The molecule has 0 aromatic heterocycles. The van der Waals surface area contributed by atoms with Gasteiger partial charge in [-0.25, -0.2) is 8.78 Å². The van der Waals surface area contributed by atoms with Gasteiger partial charge >= 0.3 is 0 Å². The Kier molecular flexibility index (Phi) is 4.17. The number of hydrogen-bond donors (Lipinski definition) is 1. The first-order chi connectivity index (χ1) is 8.59. The molecule has 0 amide bonds. The zero-order chi connectivity index (χ0) is 13.0. The summed E-state index contributed by atoms with van der Waals surface area (Å²) in [6.45, 7) is 1.35. The van der Waals surface area contributed by atoms with Gasteiger partial charge in [-0.3, -0.25) is 0 Å². The van der Waals surface area contributed by atoms with Crippen LogP contribution >= 0.6 is 0 Å².